The third-order valence-electron chi connectivity index (χ3n) is 3.94. The highest BCUT2D eigenvalue weighted by atomic mass is 16.6. The molecule has 1 N–H and O–H groups in total. The van der Waals surface area contributed by atoms with Crippen LogP contribution in [0.3, 0.4) is 0 Å². The highest BCUT2D eigenvalue weighted by Gasteiger charge is 2.27. The molecule has 0 unspecified atom stereocenters. The summed E-state index contributed by atoms with van der Waals surface area (Å²) in [4.78, 5) is 22.2. The SMILES string of the molecule is O=C(Nc1ccc2ccccc2n1)C1=NO[C@H](c2ccccc2)C1. The summed E-state index contributed by atoms with van der Waals surface area (Å²) in [6.45, 7) is 0. The van der Waals surface area contributed by atoms with Crippen LogP contribution in [0.2, 0.25) is 0 Å². The molecule has 0 aliphatic carbocycles. The van der Waals surface area contributed by atoms with Gasteiger partial charge in [-0.1, -0.05) is 53.7 Å². The summed E-state index contributed by atoms with van der Waals surface area (Å²) in [5.74, 6) is 0.223. The summed E-state index contributed by atoms with van der Waals surface area (Å²) in [6.07, 6.45) is 0.236. The van der Waals surface area contributed by atoms with E-state index in [2.05, 4.69) is 15.5 Å². The van der Waals surface area contributed by atoms with Crippen LogP contribution in [0.5, 0.6) is 0 Å². The van der Waals surface area contributed by atoms with Crippen molar-refractivity contribution in [2.75, 3.05) is 5.32 Å². The summed E-state index contributed by atoms with van der Waals surface area (Å²) < 4.78 is 0. The van der Waals surface area contributed by atoms with Crippen molar-refractivity contribution in [3.63, 3.8) is 0 Å². The van der Waals surface area contributed by atoms with Crippen molar-refractivity contribution >= 4 is 28.3 Å². The van der Waals surface area contributed by atoms with E-state index < -0.39 is 0 Å². The smallest absolute Gasteiger partial charge is 0.274 e. The van der Waals surface area contributed by atoms with Gasteiger partial charge in [0.05, 0.1) is 5.52 Å². The number of hydrogen-bond donors (Lipinski definition) is 1. The van der Waals surface area contributed by atoms with E-state index in [1.807, 2.05) is 60.7 Å². The zero-order valence-electron chi connectivity index (χ0n) is 12.8. The number of amides is 1. The number of pyridine rings is 1. The average molecular weight is 317 g/mol. The third-order valence-corrected chi connectivity index (χ3v) is 3.94. The maximum Gasteiger partial charge on any atom is 0.274 e. The van der Waals surface area contributed by atoms with E-state index in [1.165, 1.54) is 0 Å². The van der Waals surface area contributed by atoms with E-state index in [0.717, 1.165) is 16.5 Å². The van der Waals surface area contributed by atoms with Crippen LogP contribution in [0.4, 0.5) is 5.82 Å². The number of anilines is 1. The number of nitrogens with zero attached hydrogens (tertiary/aromatic N) is 2. The summed E-state index contributed by atoms with van der Waals surface area (Å²) in [5, 5.41) is 7.74. The van der Waals surface area contributed by atoms with E-state index in [4.69, 9.17) is 4.84 Å². The number of rotatable bonds is 3. The molecule has 118 valence electrons. The minimum Gasteiger partial charge on any atom is -0.387 e. The molecule has 1 aliphatic heterocycles. The molecule has 1 atom stereocenters. The van der Waals surface area contributed by atoms with Gasteiger partial charge in [-0.2, -0.15) is 0 Å². The molecule has 1 aromatic heterocycles. The molecule has 0 spiro atoms. The third kappa shape index (κ3) is 2.84. The lowest BCUT2D eigenvalue weighted by Gasteiger charge is -2.07. The van der Waals surface area contributed by atoms with E-state index >= 15 is 0 Å². The Labute approximate surface area is 139 Å². The Morgan fingerprint density at radius 3 is 2.67 bits per heavy atom. The van der Waals surface area contributed by atoms with Crippen LogP contribution in [0.1, 0.15) is 18.1 Å². The quantitative estimate of drug-likeness (QED) is 0.801. The molecule has 3 aromatic rings. The van der Waals surface area contributed by atoms with Crippen molar-refractivity contribution in [3.8, 4) is 0 Å². The van der Waals surface area contributed by atoms with Crippen molar-refractivity contribution in [1.82, 2.24) is 4.98 Å². The summed E-state index contributed by atoms with van der Waals surface area (Å²) >= 11 is 0. The van der Waals surface area contributed by atoms with Crippen LogP contribution in [0, 0.1) is 0 Å². The van der Waals surface area contributed by atoms with Gasteiger partial charge < -0.3 is 10.2 Å². The molecule has 1 aliphatic rings. The Kier molecular flexibility index (Phi) is 3.67. The Bertz CT molecular complexity index is 922. The second-order valence-electron chi connectivity index (χ2n) is 5.59. The van der Waals surface area contributed by atoms with Crippen molar-refractivity contribution < 1.29 is 9.63 Å². The molecular weight excluding hydrogens is 302 g/mol. The molecule has 5 nitrogen and oxygen atoms in total. The number of nitrogens with one attached hydrogen (secondary N) is 1. The molecule has 0 bridgehead atoms. The molecule has 4 rings (SSSR count). The van der Waals surface area contributed by atoms with Gasteiger partial charge in [0.25, 0.3) is 5.91 Å². The molecule has 0 radical (unpaired) electrons. The van der Waals surface area contributed by atoms with Gasteiger partial charge in [-0.25, -0.2) is 4.98 Å². The van der Waals surface area contributed by atoms with E-state index in [-0.39, 0.29) is 12.0 Å². The topological polar surface area (TPSA) is 63.6 Å². The minimum absolute atomic E-state index is 0.212. The van der Waals surface area contributed by atoms with Gasteiger partial charge >= 0.3 is 0 Å². The molecule has 0 saturated heterocycles. The number of oxime groups is 1. The van der Waals surface area contributed by atoms with Crippen molar-refractivity contribution in [1.29, 1.82) is 0 Å². The maximum atomic E-state index is 12.4. The first-order valence-corrected chi connectivity index (χ1v) is 7.74. The fourth-order valence-corrected chi connectivity index (χ4v) is 2.68. The lowest BCUT2D eigenvalue weighted by atomic mass is 10.0. The minimum atomic E-state index is -0.281. The summed E-state index contributed by atoms with van der Waals surface area (Å²) in [5.41, 5.74) is 2.22. The molecule has 5 heteroatoms. The second-order valence-corrected chi connectivity index (χ2v) is 5.59. The Morgan fingerprint density at radius 1 is 1.00 bits per heavy atom. The highest BCUT2D eigenvalue weighted by Crippen LogP contribution is 2.27. The van der Waals surface area contributed by atoms with Crippen LogP contribution in [0.25, 0.3) is 10.9 Å². The van der Waals surface area contributed by atoms with Gasteiger partial charge in [0.2, 0.25) is 0 Å². The monoisotopic (exact) mass is 317 g/mol. The maximum absolute atomic E-state index is 12.4. The van der Waals surface area contributed by atoms with E-state index in [1.54, 1.807) is 6.07 Å². The average Bonchev–Trinajstić information content (AvgIpc) is 3.13. The zero-order chi connectivity index (χ0) is 16.4. The molecule has 0 fully saturated rings. The Morgan fingerprint density at radius 2 is 1.79 bits per heavy atom. The van der Waals surface area contributed by atoms with Gasteiger partial charge in [0.1, 0.15) is 11.5 Å². The number of benzene rings is 2. The lowest BCUT2D eigenvalue weighted by Crippen LogP contribution is -2.22. The van der Waals surface area contributed by atoms with Crippen LogP contribution in [-0.4, -0.2) is 16.6 Å². The number of hydrogen-bond acceptors (Lipinski definition) is 4. The van der Waals surface area contributed by atoms with Crippen LogP contribution in [-0.2, 0) is 9.63 Å². The fraction of sp³-hybridized carbons (Fsp3) is 0.105. The molecule has 2 aromatic carbocycles. The Balaban J connectivity index is 1.46. The largest absolute Gasteiger partial charge is 0.387 e. The van der Waals surface area contributed by atoms with Gasteiger partial charge in [-0.05, 0) is 23.8 Å². The predicted molar refractivity (Wildman–Crippen MR) is 92.7 cm³/mol. The molecular formula is C19H15N3O2. The van der Waals surface area contributed by atoms with Crippen LogP contribution >= 0.6 is 0 Å². The fourth-order valence-electron chi connectivity index (χ4n) is 2.68. The van der Waals surface area contributed by atoms with Gasteiger partial charge in [-0.3, -0.25) is 4.79 Å². The standard InChI is InChI=1S/C19H15N3O2/c23-19(16-12-17(24-22-16)14-7-2-1-3-8-14)21-18-11-10-13-6-4-5-9-15(13)20-18/h1-11,17H,12H2,(H,20,21,23)/t17-/m0/s1. The lowest BCUT2D eigenvalue weighted by molar-refractivity contribution is -0.110. The van der Waals surface area contributed by atoms with Crippen molar-refractivity contribution in [3.05, 3.63) is 72.3 Å². The first-order chi connectivity index (χ1) is 11.8. The molecule has 0 saturated carbocycles. The number of fused-ring (bicyclic) bond motifs is 1. The molecule has 1 amide bonds. The predicted octanol–water partition coefficient (Wildman–Crippen LogP) is 3.69. The number of carbonyl (C=O) groups excluding carboxylic acids is 1. The van der Waals surface area contributed by atoms with Gasteiger partial charge in [0.15, 0.2) is 6.10 Å². The van der Waals surface area contributed by atoms with Gasteiger partial charge in [0, 0.05) is 11.8 Å². The number of aromatic nitrogens is 1. The van der Waals surface area contributed by atoms with Crippen LogP contribution < -0.4 is 5.32 Å². The molecule has 24 heavy (non-hydrogen) atoms. The van der Waals surface area contributed by atoms with Gasteiger partial charge in [-0.15, -0.1) is 0 Å². The van der Waals surface area contributed by atoms with Crippen LogP contribution in [0.15, 0.2) is 71.9 Å². The van der Waals surface area contributed by atoms with Crippen molar-refractivity contribution in [2.24, 2.45) is 5.16 Å². The van der Waals surface area contributed by atoms with Crippen molar-refractivity contribution in [2.45, 2.75) is 12.5 Å². The normalized spacial score (nSPS) is 16.5. The highest BCUT2D eigenvalue weighted by molar-refractivity contribution is 6.43. The zero-order valence-corrected chi connectivity index (χ0v) is 12.8. The first kappa shape index (κ1) is 14.4. The Hall–Kier alpha value is -3.21. The first-order valence-electron chi connectivity index (χ1n) is 7.74. The number of para-hydroxylation sites is 1. The second kappa shape index (κ2) is 6.12. The number of carbonyl (C=O) groups is 1. The summed E-state index contributed by atoms with van der Waals surface area (Å²) in [6, 6.07) is 21.2. The molecule has 2 heterocycles. The van der Waals surface area contributed by atoms with E-state index in [0.29, 0.717) is 18.0 Å². The summed E-state index contributed by atoms with van der Waals surface area (Å²) in [7, 11) is 0. The van der Waals surface area contributed by atoms with E-state index in [9.17, 15) is 4.79 Å².